The van der Waals surface area contributed by atoms with Crippen molar-refractivity contribution in [2.24, 2.45) is 5.92 Å². The van der Waals surface area contributed by atoms with Gasteiger partial charge in [-0.15, -0.1) is 0 Å². The summed E-state index contributed by atoms with van der Waals surface area (Å²) in [5.74, 6) is 0.608. The fourth-order valence-electron chi connectivity index (χ4n) is 3.29. The number of ether oxygens (including phenoxy) is 1. The van der Waals surface area contributed by atoms with Gasteiger partial charge in [-0.3, -0.25) is 4.68 Å². The summed E-state index contributed by atoms with van der Waals surface area (Å²) in [5.41, 5.74) is 0.456. The van der Waals surface area contributed by atoms with Crippen LogP contribution in [0.15, 0.2) is 12.4 Å². The van der Waals surface area contributed by atoms with Crippen LogP contribution in [0.4, 0.5) is 0 Å². The molecule has 108 valence electrons. The Morgan fingerprint density at radius 2 is 2.37 bits per heavy atom. The summed E-state index contributed by atoms with van der Waals surface area (Å²) in [6, 6.07) is 0. The Morgan fingerprint density at radius 1 is 1.58 bits per heavy atom. The van der Waals surface area contributed by atoms with Gasteiger partial charge in [0.1, 0.15) is 6.10 Å². The molecule has 0 amide bonds. The number of aliphatic hydroxyl groups excluding tert-OH is 1. The lowest BCUT2D eigenvalue weighted by Gasteiger charge is -2.42. The fourth-order valence-corrected chi connectivity index (χ4v) is 3.29. The molecular weight excluding hydrogens is 240 g/mol. The van der Waals surface area contributed by atoms with Gasteiger partial charge in [0.25, 0.3) is 0 Å². The molecule has 0 spiro atoms. The van der Waals surface area contributed by atoms with Gasteiger partial charge in [-0.25, -0.2) is 0 Å². The lowest BCUT2D eigenvalue weighted by Crippen LogP contribution is -2.43. The summed E-state index contributed by atoms with van der Waals surface area (Å²) in [6.07, 6.45) is 7.35. The van der Waals surface area contributed by atoms with Crippen LogP contribution in [-0.2, 0) is 11.3 Å². The number of nitrogens with zero attached hydrogens (tertiary/aromatic N) is 2. The van der Waals surface area contributed by atoms with Gasteiger partial charge in [0.15, 0.2) is 0 Å². The maximum absolute atomic E-state index is 10.8. The van der Waals surface area contributed by atoms with Crippen LogP contribution < -0.4 is 0 Å². The van der Waals surface area contributed by atoms with Crippen LogP contribution in [0.1, 0.15) is 58.1 Å². The van der Waals surface area contributed by atoms with Gasteiger partial charge >= 0.3 is 0 Å². The highest BCUT2D eigenvalue weighted by atomic mass is 16.5. The smallest absolute Gasteiger partial charge is 0.111 e. The Balaban J connectivity index is 2.22. The van der Waals surface area contributed by atoms with E-state index in [0.29, 0.717) is 12.5 Å². The second-order valence-electron chi connectivity index (χ2n) is 5.73. The van der Waals surface area contributed by atoms with E-state index in [9.17, 15) is 5.11 Å². The molecule has 19 heavy (non-hydrogen) atoms. The van der Waals surface area contributed by atoms with Crippen LogP contribution in [0.5, 0.6) is 0 Å². The molecular formula is C15H26N2O2. The Kier molecular flexibility index (Phi) is 4.63. The highest BCUT2D eigenvalue weighted by Crippen LogP contribution is 2.43. The predicted molar refractivity (Wildman–Crippen MR) is 74.8 cm³/mol. The summed E-state index contributed by atoms with van der Waals surface area (Å²) >= 11 is 0. The summed E-state index contributed by atoms with van der Waals surface area (Å²) in [7, 11) is 0. The van der Waals surface area contributed by atoms with Crippen molar-refractivity contribution < 1.29 is 9.84 Å². The van der Waals surface area contributed by atoms with Crippen molar-refractivity contribution in [1.29, 1.82) is 0 Å². The summed E-state index contributed by atoms with van der Waals surface area (Å²) in [4.78, 5) is 0. The standard InChI is InChI=1S/C15H26N2O2/c1-4-17-11-13(10-16-17)14(18)15(19-5-2)8-6-7-12(3)9-15/h10-12,14,18H,4-9H2,1-3H3. The van der Waals surface area contributed by atoms with Crippen LogP contribution in [0.3, 0.4) is 0 Å². The molecule has 1 aromatic heterocycles. The Labute approximate surface area is 115 Å². The third-order valence-corrected chi connectivity index (χ3v) is 4.21. The number of aliphatic hydroxyl groups is 1. The van der Waals surface area contributed by atoms with Crippen LogP contribution in [-0.4, -0.2) is 27.1 Å². The molecule has 1 aliphatic carbocycles. The number of aromatic nitrogens is 2. The molecule has 1 saturated carbocycles. The molecule has 3 unspecified atom stereocenters. The van der Waals surface area contributed by atoms with Crippen molar-refractivity contribution in [2.45, 2.75) is 64.7 Å². The van der Waals surface area contributed by atoms with E-state index in [1.54, 1.807) is 6.20 Å². The van der Waals surface area contributed by atoms with E-state index in [1.807, 2.05) is 24.7 Å². The molecule has 2 rings (SSSR count). The Bertz CT molecular complexity index is 401. The first-order valence-electron chi connectivity index (χ1n) is 7.45. The fraction of sp³-hybridized carbons (Fsp3) is 0.800. The average molecular weight is 266 g/mol. The van der Waals surface area contributed by atoms with Crippen LogP contribution in [0, 0.1) is 5.92 Å². The lowest BCUT2D eigenvalue weighted by molar-refractivity contribution is -0.150. The maximum Gasteiger partial charge on any atom is 0.111 e. The highest BCUT2D eigenvalue weighted by Gasteiger charge is 2.43. The second kappa shape index (κ2) is 6.06. The molecule has 4 heteroatoms. The average Bonchev–Trinajstić information content (AvgIpc) is 2.87. The van der Waals surface area contributed by atoms with Crippen molar-refractivity contribution in [3.05, 3.63) is 18.0 Å². The van der Waals surface area contributed by atoms with E-state index in [-0.39, 0.29) is 0 Å². The highest BCUT2D eigenvalue weighted by molar-refractivity contribution is 5.14. The summed E-state index contributed by atoms with van der Waals surface area (Å²) < 4.78 is 7.86. The zero-order chi connectivity index (χ0) is 13.9. The predicted octanol–water partition coefficient (Wildman–Crippen LogP) is 2.92. The van der Waals surface area contributed by atoms with Crippen molar-refractivity contribution in [2.75, 3.05) is 6.61 Å². The minimum absolute atomic E-state index is 0.423. The van der Waals surface area contributed by atoms with Gasteiger partial charge in [-0.05, 0) is 32.6 Å². The van der Waals surface area contributed by atoms with E-state index < -0.39 is 11.7 Å². The Hall–Kier alpha value is -0.870. The van der Waals surface area contributed by atoms with Gasteiger partial charge in [-0.1, -0.05) is 19.8 Å². The third kappa shape index (κ3) is 3.00. The second-order valence-corrected chi connectivity index (χ2v) is 5.73. The van der Waals surface area contributed by atoms with E-state index in [2.05, 4.69) is 12.0 Å². The van der Waals surface area contributed by atoms with Crippen molar-refractivity contribution >= 4 is 0 Å². The van der Waals surface area contributed by atoms with Crippen molar-refractivity contribution in [1.82, 2.24) is 9.78 Å². The number of hydrogen-bond acceptors (Lipinski definition) is 3. The molecule has 1 aromatic rings. The quantitative estimate of drug-likeness (QED) is 0.891. The van der Waals surface area contributed by atoms with Crippen LogP contribution in [0.2, 0.25) is 0 Å². The van der Waals surface area contributed by atoms with E-state index in [4.69, 9.17) is 4.74 Å². The lowest BCUT2D eigenvalue weighted by atomic mass is 9.74. The van der Waals surface area contributed by atoms with Gasteiger partial charge in [-0.2, -0.15) is 5.10 Å². The van der Waals surface area contributed by atoms with E-state index in [1.165, 1.54) is 6.42 Å². The molecule has 1 N–H and O–H groups in total. The van der Waals surface area contributed by atoms with Crippen molar-refractivity contribution in [3.63, 3.8) is 0 Å². The molecule has 3 atom stereocenters. The molecule has 1 heterocycles. The molecule has 4 nitrogen and oxygen atoms in total. The van der Waals surface area contributed by atoms with Gasteiger partial charge in [0.05, 0.1) is 11.8 Å². The molecule has 1 fully saturated rings. The zero-order valence-corrected chi connectivity index (χ0v) is 12.3. The van der Waals surface area contributed by atoms with Gasteiger partial charge in [0.2, 0.25) is 0 Å². The first-order chi connectivity index (χ1) is 9.11. The largest absolute Gasteiger partial charge is 0.385 e. The topological polar surface area (TPSA) is 47.3 Å². The SMILES string of the molecule is CCOC1(C(O)c2cnn(CC)c2)CCCC(C)C1. The molecule has 0 saturated heterocycles. The number of rotatable bonds is 5. The molecule has 0 aromatic carbocycles. The first-order valence-corrected chi connectivity index (χ1v) is 7.45. The van der Waals surface area contributed by atoms with E-state index in [0.717, 1.165) is 31.4 Å². The zero-order valence-electron chi connectivity index (χ0n) is 12.3. The molecule has 1 aliphatic rings. The minimum Gasteiger partial charge on any atom is -0.385 e. The number of hydrogen-bond donors (Lipinski definition) is 1. The van der Waals surface area contributed by atoms with Gasteiger partial charge < -0.3 is 9.84 Å². The molecule has 0 bridgehead atoms. The Morgan fingerprint density at radius 3 is 2.95 bits per heavy atom. The van der Waals surface area contributed by atoms with Crippen LogP contribution >= 0.6 is 0 Å². The van der Waals surface area contributed by atoms with E-state index >= 15 is 0 Å². The first kappa shape index (κ1) is 14.5. The normalized spacial score (nSPS) is 29.4. The minimum atomic E-state index is -0.574. The summed E-state index contributed by atoms with van der Waals surface area (Å²) in [6.45, 7) is 7.76. The third-order valence-electron chi connectivity index (χ3n) is 4.21. The molecule has 0 radical (unpaired) electrons. The molecule has 0 aliphatic heterocycles. The van der Waals surface area contributed by atoms with Crippen molar-refractivity contribution in [3.8, 4) is 0 Å². The van der Waals surface area contributed by atoms with Gasteiger partial charge in [0, 0.05) is 24.9 Å². The monoisotopic (exact) mass is 266 g/mol. The number of aryl methyl sites for hydroxylation is 1. The summed E-state index contributed by atoms with van der Waals surface area (Å²) in [5, 5.41) is 15.0. The maximum atomic E-state index is 10.8. The van der Waals surface area contributed by atoms with Crippen LogP contribution in [0.25, 0.3) is 0 Å².